The standard InChI is InChI=1S/C18H15FN2O3/c1-21-16(15(18(23)24-21)13-5-3-2-4-6-13)17(22)20-11-12-7-9-14(19)10-8-12/h2-10H,11H2,1H3,(H,20,22). The maximum absolute atomic E-state index is 12.9. The van der Waals surface area contributed by atoms with Gasteiger partial charge >= 0.3 is 5.63 Å². The summed E-state index contributed by atoms with van der Waals surface area (Å²) in [6.07, 6.45) is 0. The molecule has 2 aromatic carbocycles. The Bertz CT molecular complexity index is 912. The van der Waals surface area contributed by atoms with E-state index < -0.39 is 11.5 Å². The molecule has 0 aliphatic heterocycles. The minimum absolute atomic E-state index is 0.147. The van der Waals surface area contributed by atoms with Crippen molar-refractivity contribution in [2.75, 3.05) is 0 Å². The Morgan fingerprint density at radius 3 is 2.46 bits per heavy atom. The van der Waals surface area contributed by atoms with Gasteiger partial charge < -0.3 is 9.84 Å². The largest absolute Gasteiger partial charge is 0.366 e. The van der Waals surface area contributed by atoms with Crippen molar-refractivity contribution in [1.29, 1.82) is 0 Å². The number of carbonyl (C=O) groups excluding carboxylic acids is 1. The molecule has 0 unspecified atom stereocenters. The first-order chi connectivity index (χ1) is 11.6. The maximum Gasteiger partial charge on any atom is 0.366 e. The topological polar surface area (TPSA) is 64.2 Å². The highest BCUT2D eigenvalue weighted by molar-refractivity contribution is 5.98. The summed E-state index contributed by atoms with van der Waals surface area (Å²) in [7, 11) is 1.50. The number of nitrogens with zero attached hydrogens (tertiary/aromatic N) is 1. The molecular formula is C18H15FN2O3. The first kappa shape index (κ1) is 15.7. The molecule has 1 heterocycles. The lowest BCUT2D eigenvalue weighted by atomic mass is 10.1. The highest BCUT2D eigenvalue weighted by Gasteiger charge is 2.23. The fraction of sp³-hybridized carbons (Fsp3) is 0.111. The van der Waals surface area contributed by atoms with E-state index in [0.29, 0.717) is 5.56 Å². The molecule has 1 amide bonds. The van der Waals surface area contributed by atoms with Crippen LogP contribution in [0.1, 0.15) is 16.1 Å². The number of carbonyl (C=O) groups is 1. The number of rotatable bonds is 4. The molecule has 5 nitrogen and oxygen atoms in total. The number of benzene rings is 2. The van der Waals surface area contributed by atoms with Gasteiger partial charge in [0.05, 0.1) is 0 Å². The van der Waals surface area contributed by atoms with Crippen LogP contribution in [0, 0.1) is 5.82 Å². The molecule has 1 N–H and O–H groups in total. The fourth-order valence-corrected chi connectivity index (χ4v) is 2.45. The van der Waals surface area contributed by atoms with Gasteiger partial charge in [-0.25, -0.2) is 13.9 Å². The number of amides is 1. The van der Waals surface area contributed by atoms with Crippen molar-refractivity contribution in [3.05, 3.63) is 82.1 Å². The average Bonchev–Trinajstić information content (AvgIpc) is 2.89. The molecule has 0 saturated heterocycles. The molecule has 3 aromatic rings. The van der Waals surface area contributed by atoms with Crippen LogP contribution in [-0.2, 0) is 13.6 Å². The molecule has 0 atom stereocenters. The van der Waals surface area contributed by atoms with E-state index in [-0.39, 0.29) is 23.6 Å². The lowest BCUT2D eigenvalue weighted by Crippen LogP contribution is -2.25. The van der Waals surface area contributed by atoms with Crippen LogP contribution in [0.15, 0.2) is 63.9 Å². The van der Waals surface area contributed by atoms with E-state index in [1.54, 1.807) is 36.4 Å². The van der Waals surface area contributed by atoms with Gasteiger partial charge in [0.2, 0.25) is 0 Å². The van der Waals surface area contributed by atoms with Crippen molar-refractivity contribution < 1.29 is 13.7 Å². The molecular weight excluding hydrogens is 311 g/mol. The Balaban J connectivity index is 1.87. The second kappa shape index (κ2) is 6.54. The minimum atomic E-state index is -0.573. The number of halogens is 1. The Labute approximate surface area is 137 Å². The van der Waals surface area contributed by atoms with Crippen molar-refractivity contribution in [2.45, 2.75) is 6.54 Å². The predicted molar refractivity (Wildman–Crippen MR) is 87.0 cm³/mol. The zero-order valence-electron chi connectivity index (χ0n) is 13.0. The molecule has 1 aromatic heterocycles. The normalized spacial score (nSPS) is 10.6. The summed E-state index contributed by atoms with van der Waals surface area (Å²) in [5.74, 6) is -0.778. The van der Waals surface area contributed by atoms with Gasteiger partial charge in [0.25, 0.3) is 5.91 Å². The van der Waals surface area contributed by atoms with Crippen molar-refractivity contribution >= 4 is 5.91 Å². The Hall–Kier alpha value is -3.15. The first-order valence-corrected chi connectivity index (χ1v) is 7.34. The number of hydrogen-bond donors (Lipinski definition) is 1. The van der Waals surface area contributed by atoms with E-state index in [1.165, 1.54) is 19.2 Å². The third kappa shape index (κ3) is 3.12. The molecule has 0 aliphatic carbocycles. The van der Waals surface area contributed by atoms with Crippen LogP contribution in [0.3, 0.4) is 0 Å². The lowest BCUT2D eigenvalue weighted by Gasteiger charge is -2.07. The van der Waals surface area contributed by atoms with Gasteiger partial charge in [-0.15, -0.1) is 0 Å². The zero-order chi connectivity index (χ0) is 17.1. The molecule has 0 saturated carbocycles. The van der Waals surface area contributed by atoms with Crippen LogP contribution in [-0.4, -0.2) is 10.6 Å². The second-order valence-corrected chi connectivity index (χ2v) is 5.27. The van der Waals surface area contributed by atoms with Gasteiger partial charge in [0.1, 0.15) is 11.4 Å². The molecule has 6 heteroatoms. The highest BCUT2D eigenvalue weighted by atomic mass is 19.1. The van der Waals surface area contributed by atoms with Gasteiger partial charge in [-0.3, -0.25) is 4.79 Å². The number of hydrogen-bond acceptors (Lipinski definition) is 3. The summed E-state index contributed by atoms with van der Waals surface area (Å²) < 4.78 is 19.1. The highest BCUT2D eigenvalue weighted by Crippen LogP contribution is 2.20. The number of aromatic nitrogens is 1. The third-order valence-corrected chi connectivity index (χ3v) is 3.62. The summed E-state index contributed by atoms with van der Waals surface area (Å²) in [6.45, 7) is 0.215. The van der Waals surface area contributed by atoms with E-state index in [1.807, 2.05) is 6.07 Å². The smallest absolute Gasteiger partial charge is 0.347 e. The maximum atomic E-state index is 12.9. The van der Waals surface area contributed by atoms with Crippen LogP contribution in [0.2, 0.25) is 0 Å². The summed E-state index contributed by atoms with van der Waals surface area (Å²) in [6, 6.07) is 14.7. The molecule has 24 heavy (non-hydrogen) atoms. The zero-order valence-corrected chi connectivity index (χ0v) is 13.0. The molecule has 0 bridgehead atoms. The first-order valence-electron chi connectivity index (χ1n) is 7.34. The van der Waals surface area contributed by atoms with Crippen LogP contribution in [0.5, 0.6) is 0 Å². The van der Waals surface area contributed by atoms with Gasteiger partial charge in [-0.05, 0) is 23.3 Å². The Morgan fingerprint density at radius 2 is 1.79 bits per heavy atom. The molecule has 0 spiro atoms. The summed E-state index contributed by atoms with van der Waals surface area (Å²) in [5, 5.41) is 2.72. The van der Waals surface area contributed by atoms with Crippen LogP contribution in [0.4, 0.5) is 4.39 Å². The van der Waals surface area contributed by atoms with Crippen molar-refractivity contribution in [3.8, 4) is 11.1 Å². The average molecular weight is 326 g/mol. The van der Waals surface area contributed by atoms with Crippen molar-refractivity contribution in [2.24, 2.45) is 7.05 Å². The van der Waals surface area contributed by atoms with Crippen molar-refractivity contribution in [1.82, 2.24) is 10.1 Å². The van der Waals surface area contributed by atoms with E-state index in [2.05, 4.69) is 5.32 Å². The van der Waals surface area contributed by atoms with Crippen molar-refractivity contribution in [3.63, 3.8) is 0 Å². The summed E-state index contributed by atoms with van der Waals surface area (Å²) in [5.41, 5.74) is 1.15. The predicted octanol–water partition coefficient (Wildman–Crippen LogP) is 2.71. The quantitative estimate of drug-likeness (QED) is 0.802. The van der Waals surface area contributed by atoms with Gasteiger partial charge in [0.15, 0.2) is 5.69 Å². The monoisotopic (exact) mass is 326 g/mol. The SMILES string of the molecule is Cn1oc(=O)c(-c2ccccc2)c1C(=O)NCc1ccc(F)cc1. The van der Waals surface area contributed by atoms with Crippen LogP contribution in [0.25, 0.3) is 11.1 Å². The van der Waals surface area contributed by atoms with Gasteiger partial charge in [0, 0.05) is 13.6 Å². The van der Waals surface area contributed by atoms with E-state index in [0.717, 1.165) is 10.3 Å². The van der Waals surface area contributed by atoms with Gasteiger partial charge in [-0.1, -0.05) is 42.5 Å². The van der Waals surface area contributed by atoms with E-state index in [9.17, 15) is 14.0 Å². The molecule has 0 aliphatic rings. The Kier molecular flexibility index (Phi) is 4.29. The number of nitrogens with one attached hydrogen (secondary N) is 1. The minimum Gasteiger partial charge on any atom is -0.347 e. The molecule has 3 rings (SSSR count). The Morgan fingerprint density at radius 1 is 1.12 bits per heavy atom. The summed E-state index contributed by atoms with van der Waals surface area (Å²) in [4.78, 5) is 24.6. The molecule has 0 radical (unpaired) electrons. The lowest BCUT2D eigenvalue weighted by molar-refractivity contribution is 0.0931. The van der Waals surface area contributed by atoms with Gasteiger partial charge in [-0.2, -0.15) is 0 Å². The third-order valence-electron chi connectivity index (χ3n) is 3.62. The van der Waals surface area contributed by atoms with Crippen LogP contribution < -0.4 is 10.9 Å². The summed E-state index contributed by atoms with van der Waals surface area (Å²) >= 11 is 0. The van der Waals surface area contributed by atoms with Crippen LogP contribution >= 0.6 is 0 Å². The second-order valence-electron chi connectivity index (χ2n) is 5.27. The fourth-order valence-electron chi connectivity index (χ4n) is 2.45. The number of aryl methyl sites for hydroxylation is 1. The molecule has 0 fully saturated rings. The van der Waals surface area contributed by atoms with E-state index in [4.69, 9.17) is 4.52 Å². The van der Waals surface area contributed by atoms with E-state index >= 15 is 0 Å². The molecule has 122 valence electrons.